The normalized spacial score (nSPS) is 11.2. The number of ether oxygens (including phenoxy) is 2. The van der Waals surface area contributed by atoms with Crippen molar-refractivity contribution in [3.8, 4) is 0 Å². The van der Waals surface area contributed by atoms with Gasteiger partial charge in [0.15, 0.2) is 0 Å². The molecule has 0 aromatic heterocycles. The Morgan fingerprint density at radius 1 is 0.694 bits per heavy atom. The third-order valence-corrected chi connectivity index (χ3v) is 6.16. The van der Waals surface area contributed by atoms with Crippen LogP contribution in [0, 0.1) is 0 Å². The molecule has 0 saturated carbocycles. The number of esters is 1. The number of unbranched alkanes of at least 4 members (excludes halogenated alkanes) is 11. The van der Waals surface area contributed by atoms with Gasteiger partial charge in [0.25, 0.3) is 6.47 Å². The molecule has 0 atom stereocenters. The highest BCUT2D eigenvalue weighted by Crippen LogP contribution is 2.10. The predicted octanol–water partition coefficient (Wildman–Crippen LogP) is 5.91. The Kier molecular flexibility index (Phi) is 24.8. The van der Waals surface area contributed by atoms with Gasteiger partial charge in [0.05, 0.1) is 13.1 Å². The van der Waals surface area contributed by atoms with E-state index in [2.05, 4.69) is 19.1 Å². The summed E-state index contributed by atoms with van der Waals surface area (Å²) in [6.45, 7) is 4.41. The van der Waals surface area contributed by atoms with Gasteiger partial charge in [-0.2, -0.15) is 0 Å². The van der Waals surface area contributed by atoms with Crippen LogP contribution in [-0.2, 0) is 23.9 Å². The van der Waals surface area contributed by atoms with Crippen molar-refractivity contribution in [3.05, 3.63) is 12.2 Å². The fourth-order valence-electron chi connectivity index (χ4n) is 3.96. The number of amides is 1. The lowest BCUT2D eigenvalue weighted by molar-refractivity contribution is -0.146. The number of nitrogens with zero attached hydrogens (tertiary/aromatic N) is 2. The zero-order valence-electron chi connectivity index (χ0n) is 23.5. The average molecular weight is 511 g/mol. The van der Waals surface area contributed by atoms with Crippen LogP contribution >= 0.6 is 0 Å². The fraction of sp³-hybridized carbons (Fsp3) is 0.828. The molecule has 0 saturated heterocycles. The summed E-state index contributed by atoms with van der Waals surface area (Å²) in [4.78, 5) is 38.5. The smallest absolute Gasteiger partial charge is 0.305 e. The van der Waals surface area contributed by atoms with Crippen LogP contribution in [0.15, 0.2) is 12.2 Å². The maximum absolute atomic E-state index is 12.4. The molecule has 7 heteroatoms. The minimum Gasteiger partial charge on any atom is -0.466 e. The molecule has 36 heavy (non-hydrogen) atoms. The van der Waals surface area contributed by atoms with E-state index in [0.717, 1.165) is 38.6 Å². The van der Waals surface area contributed by atoms with Crippen LogP contribution in [0.5, 0.6) is 0 Å². The van der Waals surface area contributed by atoms with Crippen LogP contribution in [0.25, 0.3) is 0 Å². The second kappa shape index (κ2) is 26.2. The fourth-order valence-corrected chi connectivity index (χ4v) is 3.96. The predicted molar refractivity (Wildman–Crippen MR) is 147 cm³/mol. The summed E-state index contributed by atoms with van der Waals surface area (Å²) in [7, 11) is 3.94. The molecule has 0 radical (unpaired) electrons. The van der Waals surface area contributed by atoms with Crippen molar-refractivity contribution in [2.45, 2.75) is 110 Å². The lowest BCUT2D eigenvalue weighted by atomic mass is 10.1. The van der Waals surface area contributed by atoms with Crippen molar-refractivity contribution in [1.29, 1.82) is 0 Å². The Bertz CT molecular complexity index is 566. The van der Waals surface area contributed by atoms with Crippen molar-refractivity contribution in [2.24, 2.45) is 0 Å². The van der Waals surface area contributed by atoms with Gasteiger partial charge in [-0.05, 0) is 59.2 Å². The molecule has 0 heterocycles. The van der Waals surface area contributed by atoms with Crippen LogP contribution in [0.3, 0.4) is 0 Å². The average Bonchev–Trinajstić information content (AvgIpc) is 2.85. The van der Waals surface area contributed by atoms with E-state index < -0.39 is 0 Å². The molecule has 0 spiro atoms. The molecule has 0 aliphatic carbocycles. The van der Waals surface area contributed by atoms with Crippen molar-refractivity contribution >= 4 is 18.3 Å². The Labute approximate surface area is 220 Å². The molecule has 0 aliphatic rings. The van der Waals surface area contributed by atoms with E-state index in [4.69, 9.17) is 9.47 Å². The molecular formula is C29H54N2O5. The second-order valence-corrected chi connectivity index (χ2v) is 9.81. The van der Waals surface area contributed by atoms with Gasteiger partial charge < -0.3 is 19.3 Å². The molecule has 0 aliphatic heterocycles. The first kappa shape index (κ1) is 34.1. The quantitative estimate of drug-likeness (QED) is 0.0623. The maximum Gasteiger partial charge on any atom is 0.305 e. The third kappa shape index (κ3) is 23.8. The van der Waals surface area contributed by atoms with Gasteiger partial charge in [0.1, 0.15) is 13.2 Å². The van der Waals surface area contributed by atoms with Crippen molar-refractivity contribution in [1.82, 2.24) is 9.80 Å². The van der Waals surface area contributed by atoms with Gasteiger partial charge in [-0.15, -0.1) is 0 Å². The van der Waals surface area contributed by atoms with E-state index in [1.165, 1.54) is 57.8 Å². The van der Waals surface area contributed by atoms with Crippen LogP contribution in [0.2, 0.25) is 0 Å². The zero-order chi connectivity index (χ0) is 26.7. The lowest BCUT2D eigenvalue weighted by Gasteiger charge is -2.22. The van der Waals surface area contributed by atoms with Crippen LogP contribution in [0.1, 0.15) is 110 Å². The lowest BCUT2D eigenvalue weighted by Crippen LogP contribution is -2.37. The van der Waals surface area contributed by atoms with Gasteiger partial charge in [0.2, 0.25) is 5.91 Å². The Balaban J connectivity index is 3.78. The molecule has 0 aromatic rings. The largest absolute Gasteiger partial charge is 0.466 e. The van der Waals surface area contributed by atoms with Crippen molar-refractivity contribution < 1.29 is 23.9 Å². The minimum absolute atomic E-state index is 0.0142. The van der Waals surface area contributed by atoms with Crippen LogP contribution in [0.4, 0.5) is 0 Å². The van der Waals surface area contributed by atoms with Crippen molar-refractivity contribution in [3.63, 3.8) is 0 Å². The van der Waals surface area contributed by atoms with Gasteiger partial charge in [-0.25, -0.2) is 0 Å². The highest BCUT2D eigenvalue weighted by molar-refractivity contribution is 5.76. The molecular weight excluding hydrogens is 456 g/mol. The summed E-state index contributed by atoms with van der Waals surface area (Å²) >= 11 is 0. The Morgan fingerprint density at radius 2 is 1.28 bits per heavy atom. The summed E-state index contributed by atoms with van der Waals surface area (Å²) in [6, 6.07) is 0. The number of allylic oxidation sites excluding steroid dienone is 2. The molecule has 0 N–H and O–H groups in total. The molecule has 7 nitrogen and oxygen atoms in total. The Morgan fingerprint density at radius 3 is 1.89 bits per heavy atom. The summed E-state index contributed by atoms with van der Waals surface area (Å²) in [5.74, 6) is -0.226. The van der Waals surface area contributed by atoms with E-state index in [0.29, 0.717) is 32.4 Å². The molecule has 0 aromatic carbocycles. The minimum atomic E-state index is -0.211. The van der Waals surface area contributed by atoms with Gasteiger partial charge >= 0.3 is 5.97 Å². The van der Waals surface area contributed by atoms with Gasteiger partial charge in [0, 0.05) is 12.8 Å². The number of rotatable bonds is 26. The van der Waals surface area contributed by atoms with Crippen LogP contribution < -0.4 is 0 Å². The number of hydrogen-bond acceptors (Lipinski definition) is 6. The summed E-state index contributed by atoms with van der Waals surface area (Å²) < 4.78 is 10.1. The highest BCUT2D eigenvalue weighted by Gasteiger charge is 2.14. The topological polar surface area (TPSA) is 76.1 Å². The molecule has 0 bridgehead atoms. The van der Waals surface area contributed by atoms with Crippen LogP contribution in [-0.4, -0.2) is 75.1 Å². The standard InChI is InChI=1S/C29H54N2O5/c1-4-5-6-7-8-9-10-11-12-13-14-15-16-17-18-21-29(34)36-26-24-31(23-25-35-27-32)28(33)20-19-22-30(2)3/h11-12,27H,4-10,13-26H2,1-3H3/b12-11-. The van der Waals surface area contributed by atoms with Gasteiger partial charge in [-0.3, -0.25) is 14.4 Å². The summed E-state index contributed by atoms with van der Waals surface area (Å²) in [5, 5.41) is 0. The summed E-state index contributed by atoms with van der Waals surface area (Å²) in [6.07, 6.45) is 22.2. The van der Waals surface area contributed by atoms with Crippen molar-refractivity contribution in [2.75, 3.05) is 46.9 Å². The first-order valence-corrected chi connectivity index (χ1v) is 14.3. The van der Waals surface area contributed by atoms with E-state index in [-0.39, 0.29) is 25.1 Å². The van der Waals surface area contributed by atoms with E-state index in [1.54, 1.807) is 4.90 Å². The van der Waals surface area contributed by atoms with Gasteiger partial charge in [-0.1, -0.05) is 70.4 Å². The number of hydrogen-bond donors (Lipinski definition) is 0. The monoisotopic (exact) mass is 510 g/mol. The number of carbonyl (C=O) groups excluding carboxylic acids is 3. The highest BCUT2D eigenvalue weighted by atomic mass is 16.5. The third-order valence-electron chi connectivity index (χ3n) is 6.16. The molecule has 0 fully saturated rings. The first-order chi connectivity index (χ1) is 17.5. The van der Waals surface area contributed by atoms with E-state index in [9.17, 15) is 14.4 Å². The SMILES string of the molecule is CCCCCCCC/C=C\CCCCCCCC(=O)OCCN(CCOC=O)C(=O)CCCN(C)C. The first-order valence-electron chi connectivity index (χ1n) is 14.3. The molecule has 0 rings (SSSR count). The van der Waals surface area contributed by atoms with E-state index >= 15 is 0 Å². The Hall–Kier alpha value is -1.89. The van der Waals surface area contributed by atoms with E-state index in [1.807, 2.05) is 19.0 Å². The molecule has 210 valence electrons. The molecule has 0 unspecified atom stereocenters. The maximum atomic E-state index is 12.4. The number of carbonyl (C=O) groups is 3. The molecule has 1 amide bonds. The summed E-state index contributed by atoms with van der Waals surface area (Å²) in [5.41, 5.74) is 0. The second-order valence-electron chi connectivity index (χ2n) is 9.81. The zero-order valence-corrected chi connectivity index (χ0v) is 23.5.